The molecule has 132 valence electrons. The number of hydrogen-bond donors (Lipinski definition) is 1. The van der Waals surface area contributed by atoms with E-state index in [1.807, 2.05) is 19.9 Å². The van der Waals surface area contributed by atoms with Gasteiger partial charge in [-0.1, -0.05) is 6.07 Å². The summed E-state index contributed by atoms with van der Waals surface area (Å²) >= 11 is 0. The third kappa shape index (κ3) is 3.38. The van der Waals surface area contributed by atoms with E-state index in [1.54, 1.807) is 18.2 Å². The molecule has 0 aliphatic carbocycles. The highest BCUT2D eigenvalue weighted by Crippen LogP contribution is 2.39. The van der Waals surface area contributed by atoms with Gasteiger partial charge in [0.25, 0.3) is 0 Å². The molecule has 1 N–H and O–H groups in total. The van der Waals surface area contributed by atoms with Crippen molar-refractivity contribution < 1.29 is 13.9 Å². The summed E-state index contributed by atoms with van der Waals surface area (Å²) in [5, 5.41) is 13.3. The van der Waals surface area contributed by atoms with Crippen molar-refractivity contribution in [2.24, 2.45) is 0 Å². The number of nitriles is 1. The van der Waals surface area contributed by atoms with Crippen molar-refractivity contribution in [2.45, 2.75) is 13.8 Å². The molecule has 1 aromatic heterocycles. The second kappa shape index (κ2) is 7.70. The van der Waals surface area contributed by atoms with E-state index >= 15 is 0 Å². The highest BCUT2D eigenvalue weighted by Gasteiger charge is 2.17. The molecule has 0 unspecified atom stereocenters. The summed E-state index contributed by atoms with van der Waals surface area (Å²) in [5.41, 5.74) is 2.03. The quantitative estimate of drug-likeness (QED) is 0.692. The molecule has 0 aliphatic heterocycles. The molecular weight excluding hydrogens is 333 g/mol. The average Bonchev–Trinajstić information content (AvgIpc) is 2.64. The van der Waals surface area contributed by atoms with Crippen LogP contribution >= 0.6 is 0 Å². The average molecular weight is 351 g/mol. The number of aromatic nitrogens is 1. The van der Waals surface area contributed by atoms with Crippen molar-refractivity contribution >= 4 is 22.3 Å². The van der Waals surface area contributed by atoms with Gasteiger partial charge >= 0.3 is 0 Å². The van der Waals surface area contributed by atoms with E-state index in [0.717, 1.165) is 0 Å². The third-order valence-electron chi connectivity index (χ3n) is 3.76. The molecule has 0 radical (unpaired) electrons. The van der Waals surface area contributed by atoms with Crippen LogP contribution in [0, 0.1) is 17.1 Å². The fourth-order valence-corrected chi connectivity index (χ4v) is 2.70. The van der Waals surface area contributed by atoms with Crippen molar-refractivity contribution in [1.82, 2.24) is 4.98 Å². The second-order valence-electron chi connectivity index (χ2n) is 5.45. The number of pyridine rings is 1. The Labute approximate surface area is 151 Å². The Balaban J connectivity index is 2.20. The van der Waals surface area contributed by atoms with Gasteiger partial charge < -0.3 is 14.8 Å². The highest BCUT2D eigenvalue weighted by atomic mass is 19.1. The number of hydrogen-bond acceptors (Lipinski definition) is 5. The zero-order chi connectivity index (χ0) is 18.5. The van der Waals surface area contributed by atoms with Gasteiger partial charge in [0.2, 0.25) is 0 Å². The normalized spacial score (nSPS) is 10.4. The molecule has 6 heteroatoms. The number of halogens is 1. The van der Waals surface area contributed by atoms with Crippen LogP contribution in [0.4, 0.5) is 15.8 Å². The molecule has 5 nitrogen and oxygen atoms in total. The van der Waals surface area contributed by atoms with E-state index in [0.29, 0.717) is 52.6 Å². The molecule has 1 heterocycles. The van der Waals surface area contributed by atoms with Crippen LogP contribution in [-0.2, 0) is 0 Å². The van der Waals surface area contributed by atoms with Gasteiger partial charge in [-0.25, -0.2) is 4.39 Å². The minimum atomic E-state index is -0.361. The lowest BCUT2D eigenvalue weighted by Gasteiger charge is -2.16. The standard InChI is InChI=1S/C20H18FN3O2/c1-3-25-17-9-8-16-18(24-15-7-5-6-14(21)10-15)13(11-22)12-23-19(16)20(17)26-4-2/h5-10,12H,3-4H2,1-2H3,(H,23,24). The van der Waals surface area contributed by atoms with Crippen molar-refractivity contribution in [3.8, 4) is 17.6 Å². The fraction of sp³-hybridized carbons (Fsp3) is 0.200. The summed E-state index contributed by atoms with van der Waals surface area (Å²) in [6.07, 6.45) is 1.47. The molecule has 0 atom stereocenters. The van der Waals surface area contributed by atoms with Crippen molar-refractivity contribution in [3.05, 3.63) is 54.0 Å². The van der Waals surface area contributed by atoms with Gasteiger partial charge in [0, 0.05) is 17.3 Å². The number of fused-ring (bicyclic) bond motifs is 1. The SMILES string of the molecule is CCOc1ccc2c(Nc3cccc(F)c3)c(C#N)cnc2c1OCC. The Morgan fingerprint density at radius 1 is 1.15 bits per heavy atom. The minimum Gasteiger partial charge on any atom is -0.490 e. The Morgan fingerprint density at radius 3 is 2.65 bits per heavy atom. The topological polar surface area (TPSA) is 67.2 Å². The smallest absolute Gasteiger partial charge is 0.187 e. The first-order chi connectivity index (χ1) is 12.7. The van der Waals surface area contributed by atoms with Crippen molar-refractivity contribution in [2.75, 3.05) is 18.5 Å². The molecule has 3 rings (SSSR count). The summed E-state index contributed by atoms with van der Waals surface area (Å²) in [5.74, 6) is 0.759. The maximum Gasteiger partial charge on any atom is 0.187 e. The number of benzene rings is 2. The highest BCUT2D eigenvalue weighted by molar-refractivity contribution is 5.99. The number of ether oxygens (including phenoxy) is 2. The lowest BCUT2D eigenvalue weighted by molar-refractivity contribution is 0.290. The van der Waals surface area contributed by atoms with Crippen LogP contribution in [0.15, 0.2) is 42.6 Å². The Kier molecular flexibility index (Phi) is 5.18. The summed E-state index contributed by atoms with van der Waals surface area (Å²) in [7, 11) is 0. The van der Waals surface area contributed by atoms with Gasteiger partial charge in [-0.2, -0.15) is 5.26 Å². The third-order valence-corrected chi connectivity index (χ3v) is 3.76. The maximum absolute atomic E-state index is 13.5. The van der Waals surface area contributed by atoms with Crippen LogP contribution in [-0.4, -0.2) is 18.2 Å². The van der Waals surface area contributed by atoms with Gasteiger partial charge in [-0.05, 0) is 44.2 Å². The molecule has 0 spiro atoms. The molecule has 2 aromatic carbocycles. The molecule has 0 bridgehead atoms. The molecule has 3 aromatic rings. The van der Waals surface area contributed by atoms with E-state index in [1.165, 1.54) is 18.3 Å². The van der Waals surface area contributed by atoms with Gasteiger partial charge in [0.05, 0.1) is 24.5 Å². The van der Waals surface area contributed by atoms with Gasteiger partial charge in [-0.15, -0.1) is 0 Å². The number of nitrogens with zero attached hydrogens (tertiary/aromatic N) is 2. The van der Waals surface area contributed by atoms with Crippen molar-refractivity contribution in [1.29, 1.82) is 5.26 Å². The summed E-state index contributed by atoms with van der Waals surface area (Å²) in [4.78, 5) is 4.39. The van der Waals surface area contributed by atoms with Crippen molar-refractivity contribution in [3.63, 3.8) is 0 Å². The lowest BCUT2D eigenvalue weighted by atomic mass is 10.1. The number of rotatable bonds is 6. The minimum absolute atomic E-state index is 0.355. The summed E-state index contributed by atoms with van der Waals surface area (Å²) in [6.45, 7) is 4.72. The first-order valence-electron chi connectivity index (χ1n) is 8.31. The van der Waals surface area contributed by atoms with Crippen LogP contribution < -0.4 is 14.8 Å². The zero-order valence-electron chi connectivity index (χ0n) is 14.5. The summed E-state index contributed by atoms with van der Waals surface area (Å²) < 4.78 is 24.9. The van der Waals surface area contributed by atoms with Gasteiger partial charge in [0.15, 0.2) is 11.5 Å². The van der Waals surface area contributed by atoms with E-state index < -0.39 is 0 Å². The molecule has 0 saturated heterocycles. The first kappa shape index (κ1) is 17.5. The van der Waals surface area contributed by atoms with Crippen LogP contribution in [0.1, 0.15) is 19.4 Å². The Hall–Kier alpha value is -3.33. The van der Waals surface area contributed by atoms with Crippen LogP contribution in [0.3, 0.4) is 0 Å². The first-order valence-corrected chi connectivity index (χ1v) is 8.31. The predicted molar refractivity (Wildman–Crippen MR) is 98.5 cm³/mol. The fourth-order valence-electron chi connectivity index (χ4n) is 2.70. The molecule has 0 saturated carbocycles. The zero-order valence-corrected chi connectivity index (χ0v) is 14.5. The van der Waals surface area contributed by atoms with Crippen LogP contribution in [0.5, 0.6) is 11.5 Å². The maximum atomic E-state index is 13.5. The Morgan fingerprint density at radius 2 is 1.96 bits per heavy atom. The number of anilines is 2. The molecular formula is C20H18FN3O2. The molecule has 0 amide bonds. The van der Waals surface area contributed by atoms with E-state index in [-0.39, 0.29) is 5.82 Å². The molecule has 26 heavy (non-hydrogen) atoms. The monoisotopic (exact) mass is 351 g/mol. The largest absolute Gasteiger partial charge is 0.490 e. The van der Waals surface area contributed by atoms with E-state index in [4.69, 9.17) is 9.47 Å². The Bertz CT molecular complexity index is 983. The van der Waals surface area contributed by atoms with Crippen LogP contribution in [0.25, 0.3) is 10.9 Å². The predicted octanol–water partition coefficient (Wildman–Crippen LogP) is 4.79. The van der Waals surface area contributed by atoms with E-state index in [2.05, 4.69) is 16.4 Å². The lowest BCUT2D eigenvalue weighted by Crippen LogP contribution is -2.02. The second-order valence-corrected chi connectivity index (χ2v) is 5.45. The van der Waals surface area contributed by atoms with E-state index in [9.17, 15) is 9.65 Å². The number of nitrogens with one attached hydrogen (secondary N) is 1. The van der Waals surface area contributed by atoms with Gasteiger partial charge in [0.1, 0.15) is 17.4 Å². The molecule has 0 fully saturated rings. The van der Waals surface area contributed by atoms with Gasteiger partial charge in [-0.3, -0.25) is 4.98 Å². The molecule has 0 aliphatic rings. The summed E-state index contributed by atoms with van der Waals surface area (Å²) in [6, 6.07) is 11.8. The van der Waals surface area contributed by atoms with Crippen LogP contribution in [0.2, 0.25) is 0 Å².